The molecule has 2 nitrogen and oxygen atoms in total. The van der Waals surface area contributed by atoms with Gasteiger partial charge in [-0.05, 0) is 36.0 Å². The molecule has 0 amide bonds. The van der Waals surface area contributed by atoms with Crippen LogP contribution in [0.25, 0.3) is 0 Å². The third-order valence-corrected chi connectivity index (χ3v) is 4.15. The van der Waals surface area contributed by atoms with Crippen LogP contribution in [0.4, 0.5) is 10.1 Å². The van der Waals surface area contributed by atoms with Crippen LogP contribution in [-0.4, -0.2) is 26.2 Å². The molecule has 0 radical (unpaired) electrons. The summed E-state index contributed by atoms with van der Waals surface area (Å²) >= 11 is 0. The maximum atomic E-state index is 14.0. The van der Waals surface area contributed by atoms with Crippen molar-refractivity contribution in [1.82, 2.24) is 5.32 Å². The van der Waals surface area contributed by atoms with Crippen molar-refractivity contribution in [1.29, 1.82) is 0 Å². The number of halogens is 1. The summed E-state index contributed by atoms with van der Waals surface area (Å²) in [5.74, 6) is 1.36. The zero-order valence-electron chi connectivity index (χ0n) is 10.2. The highest BCUT2D eigenvalue weighted by atomic mass is 19.1. The Labute approximate surface area is 102 Å². The van der Waals surface area contributed by atoms with Gasteiger partial charge in [-0.2, -0.15) is 0 Å². The number of hydrogen-bond donors (Lipinski definition) is 1. The summed E-state index contributed by atoms with van der Waals surface area (Å²) < 4.78 is 14.0. The Morgan fingerprint density at radius 1 is 1.29 bits per heavy atom. The predicted octanol–water partition coefficient (Wildman–Crippen LogP) is 2.04. The number of nitrogens with zero attached hydrogens (tertiary/aromatic N) is 1. The van der Waals surface area contributed by atoms with Crippen LogP contribution >= 0.6 is 0 Å². The summed E-state index contributed by atoms with van der Waals surface area (Å²) in [7, 11) is 0. The van der Waals surface area contributed by atoms with E-state index in [1.54, 1.807) is 6.07 Å². The minimum atomic E-state index is -0.0581. The van der Waals surface area contributed by atoms with E-state index in [9.17, 15) is 4.39 Å². The molecule has 0 bridgehead atoms. The van der Waals surface area contributed by atoms with Crippen LogP contribution in [0, 0.1) is 17.7 Å². The molecule has 0 spiro atoms. The first-order valence-corrected chi connectivity index (χ1v) is 6.52. The lowest BCUT2D eigenvalue weighted by Crippen LogP contribution is -2.26. The molecule has 1 aromatic rings. The van der Waals surface area contributed by atoms with Gasteiger partial charge in [0.25, 0.3) is 0 Å². The van der Waals surface area contributed by atoms with Crippen molar-refractivity contribution in [2.24, 2.45) is 11.8 Å². The van der Waals surface area contributed by atoms with E-state index in [0.29, 0.717) is 11.8 Å². The Morgan fingerprint density at radius 2 is 2.00 bits per heavy atom. The normalized spacial score (nSPS) is 27.5. The average Bonchev–Trinajstić information content (AvgIpc) is 2.89. The third kappa shape index (κ3) is 1.93. The minimum Gasteiger partial charge on any atom is -0.368 e. The van der Waals surface area contributed by atoms with Crippen molar-refractivity contribution >= 4 is 5.69 Å². The molecule has 0 aliphatic carbocycles. The Hall–Kier alpha value is -1.09. The molecule has 1 N–H and O–H groups in total. The van der Waals surface area contributed by atoms with Gasteiger partial charge >= 0.3 is 0 Å². The molecule has 2 aliphatic rings. The molecule has 2 unspecified atom stereocenters. The first-order chi connectivity index (χ1) is 8.28. The van der Waals surface area contributed by atoms with Crippen LogP contribution in [0.2, 0.25) is 0 Å². The van der Waals surface area contributed by atoms with Crippen molar-refractivity contribution in [3.63, 3.8) is 0 Å². The van der Waals surface area contributed by atoms with Gasteiger partial charge in [0.1, 0.15) is 5.82 Å². The van der Waals surface area contributed by atoms with Gasteiger partial charge in [-0.3, -0.25) is 0 Å². The maximum absolute atomic E-state index is 14.0. The van der Waals surface area contributed by atoms with E-state index in [-0.39, 0.29) is 5.82 Å². The summed E-state index contributed by atoms with van der Waals surface area (Å²) in [6.07, 6.45) is 0.895. The van der Waals surface area contributed by atoms with Gasteiger partial charge in [0.2, 0.25) is 0 Å². The molecule has 2 fully saturated rings. The van der Waals surface area contributed by atoms with Gasteiger partial charge in [0.05, 0.1) is 5.69 Å². The number of aryl methyl sites for hydroxylation is 1. The molecule has 0 saturated carbocycles. The topological polar surface area (TPSA) is 15.3 Å². The van der Waals surface area contributed by atoms with E-state index in [1.807, 2.05) is 12.1 Å². The summed E-state index contributed by atoms with van der Waals surface area (Å²) in [5.41, 5.74) is 1.86. The second-order valence-corrected chi connectivity index (χ2v) is 5.22. The van der Waals surface area contributed by atoms with Crippen molar-refractivity contribution < 1.29 is 4.39 Å². The molecule has 2 aliphatic heterocycles. The lowest BCUT2D eigenvalue weighted by atomic mass is 10.0. The molecule has 2 heterocycles. The highest BCUT2D eigenvalue weighted by molar-refractivity contribution is 5.50. The van der Waals surface area contributed by atoms with Crippen molar-refractivity contribution in [3.05, 3.63) is 29.6 Å². The van der Waals surface area contributed by atoms with Crippen LogP contribution in [0.1, 0.15) is 12.5 Å². The Kier molecular flexibility index (Phi) is 2.79. The number of benzene rings is 1. The fraction of sp³-hybridized carbons (Fsp3) is 0.571. The predicted molar refractivity (Wildman–Crippen MR) is 67.8 cm³/mol. The summed E-state index contributed by atoms with van der Waals surface area (Å²) in [5, 5.41) is 3.41. The van der Waals surface area contributed by atoms with Crippen LogP contribution in [0.3, 0.4) is 0 Å². The molecule has 17 heavy (non-hydrogen) atoms. The fourth-order valence-electron chi connectivity index (χ4n) is 3.08. The van der Waals surface area contributed by atoms with Crippen LogP contribution in [-0.2, 0) is 6.42 Å². The zero-order chi connectivity index (χ0) is 11.8. The first kappa shape index (κ1) is 11.0. The minimum absolute atomic E-state index is 0.0581. The van der Waals surface area contributed by atoms with Gasteiger partial charge in [0, 0.05) is 26.2 Å². The van der Waals surface area contributed by atoms with Gasteiger partial charge in [-0.25, -0.2) is 4.39 Å². The van der Waals surface area contributed by atoms with Crippen LogP contribution in [0.5, 0.6) is 0 Å². The highest BCUT2D eigenvalue weighted by Crippen LogP contribution is 2.32. The lowest BCUT2D eigenvalue weighted by Gasteiger charge is -2.20. The smallest absolute Gasteiger partial charge is 0.146 e. The molecule has 2 atom stereocenters. The molecule has 3 heteroatoms. The number of rotatable bonds is 2. The standard InChI is InChI=1S/C14H19FN2/c1-2-10-3-4-14(13(15)5-10)17-8-11-6-16-7-12(11)9-17/h3-5,11-12,16H,2,6-9H2,1H3. The van der Waals surface area contributed by atoms with Crippen LogP contribution < -0.4 is 10.2 Å². The monoisotopic (exact) mass is 234 g/mol. The second-order valence-electron chi connectivity index (χ2n) is 5.22. The Bertz CT molecular complexity index is 407. The molecular formula is C14H19FN2. The van der Waals surface area contributed by atoms with E-state index >= 15 is 0 Å². The van der Waals surface area contributed by atoms with Crippen molar-refractivity contribution in [2.45, 2.75) is 13.3 Å². The Balaban J connectivity index is 1.81. The van der Waals surface area contributed by atoms with Gasteiger partial charge in [-0.15, -0.1) is 0 Å². The van der Waals surface area contributed by atoms with E-state index in [1.165, 1.54) is 0 Å². The van der Waals surface area contributed by atoms with Crippen molar-refractivity contribution in [2.75, 3.05) is 31.1 Å². The lowest BCUT2D eigenvalue weighted by molar-refractivity contribution is 0.533. The summed E-state index contributed by atoms with van der Waals surface area (Å²) in [4.78, 5) is 2.21. The highest BCUT2D eigenvalue weighted by Gasteiger charge is 2.36. The van der Waals surface area contributed by atoms with E-state index in [2.05, 4.69) is 17.1 Å². The largest absolute Gasteiger partial charge is 0.368 e. The van der Waals surface area contributed by atoms with Gasteiger partial charge < -0.3 is 10.2 Å². The van der Waals surface area contributed by atoms with E-state index < -0.39 is 0 Å². The third-order valence-electron chi connectivity index (χ3n) is 4.15. The Morgan fingerprint density at radius 3 is 2.59 bits per heavy atom. The number of fused-ring (bicyclic) bond motifs is 1. The molecule has 2 saturated heterocycles. The van der Waals surface area contributed by atoms with Crippen LogP contribution in [0.15, 0.2) is 18.2 Å². The zero-order valence-corrected chi connectivity index (χ0v) is 10.2. The van der Waals surface area contributed by atoms with Gasteiger partial charge in [0.15, 0.2) is 0 Å². The second kappa shape index (κ2) is 4.30. The summed E-state index contributed by atoms with van der Waals surface area (Å²) in [6.45, 7) is 6.24. The summed E-state index contributed by atoms with van der Waals surface area (Å²) in [6, 6.07) is 5.68. The quantitative estimate of drug-likeness (QED) is 0.842. The van der Waals surface area contributed by atoms with E-state index in [4.69, 9.17) is 0 Å². The SMILES string of the molecule is CCc1ccc(N2CC3CNCC3C2)c(F)c1. The average molecular weight is 234 g/mol. The number of hydrogen-bond acceptors (Lipinski definition) is 2. The molecule has 92 valence electrons. The van der Waals surface area contributed by atoms with Crippen molar-refractivity contribution in [3.8, 4) is 0 Å². The first-order valence-electron chi connectivity index (χ1n) is 6.52. The fourth-order valence-corrected chi connectivity index (χ4v) is 3.08. The molecule has 1 aromatic carbocycles. The maximum Gasteiger partial charge on any atom is 0.146 e. The molecular weight excluding hydrogens is 215 g/mol. The molecule has 3 rings (SSSR count). The number of anilines is 1. The van der Waals surface area contributed by atoms with E-state index in [0.717, 1.165) is 43.9 Å². The molecule has 0 aromatic heterocycles. The number of nitrogens with one attached hydrogen (secondary N) is 1. The van der Waals surface area contributed by atoms with Gasteiger partial charge in [-0.1, -0.05) is 13.0 Å².